The van der Waals surface area contributed by atoms with Gasteiger partial charge in [-0.1, -0.05) is 36.4 Å². The van der Waals surface area contributed by atoms with E-state index in [2.05, 4.69) is 0 Å². The third kappa shape index (κ3) is 3.36. The Morgan fingerprint density at radius 2 is 1.97 bits per heavy atom. The average Bonchev–Trinajstić information content (AvgIpc) is 3.54. The Hall–Kier alpha value is -3.84. The van der Waals surface area contributed by atoms with Crippen molar-refractivity contribution in [3.63, 3.8) is 0 Å². The molecule has 0 bridgehead atoms. The number of thiophene rings is 1. The number of hydrogen-bond donors (Lipinski definition) is 1. The fourth-order valence-corrected chi connectivity index (χ4v) is 4.71. The van der Waals surface area contributed by atoms with Crippen LogP contribution in [0.2, 0.25) is 0 Å². The summed E-state index contributed by atoms with van der Waals surface area (Å²) in [6.45, 7) is 0.263. The van der Waals surface area contributed by atoms with Crippen LogP contribution in [0.15, 0.2) is 87.9 Å². The molecule has 0 radical (unpaired) electrons. The predicted octanol–water partition coefficient (Wildman–Crippen LogP) is 5.28. The first-order chi connectivity index (χ1) is 15.6. The number of benzene rings is 2. The molecule has 1 atom stereocenters. The summed E-state index contributed by atoms with van der Waals surface area (Å²) >= 11 is 1.50. The molecule has 0 aliphatic carbocycles. The van der Waals surface area contributed by atoms with Gasteiger partial charge in [-0.3, -0.25) is 9.59 Å². The lowest BCUT2D eigenvalue weighted by molar-refractivity contribution is -0.130. The number of rotatable bonds is 6. The molecule has 7 heteroatoms. The molecule has 2 aromatic carbocycles. The first-order valence-electron chi connectivity index (χ1n) is 10.0. The Bertz CT molecular complexity index is 1320. The van der Waals surface area contributed by atoms with Gasteiger partial charge in [-0.15, -0.1) is 11.3 Å². The van der Waals surface area contributed by atoms with Crippen LogP contribution in [0.5, 0.6) is 5.75 Å². The van der Waals surface area contributed by atoms with Crippen molar-refractivity contribution >= 4 is 34.0 Å². The minimum Gasteiger partial charge on any atom is -0.503 e. The maximum absolute atomic E-state index is 13.5. The molecule has 32 heavy (non-hydrogen) atoms. The van der Waals surface area contributed by atoms with Crippen LogP contribution >= 0.6 is 11.3 Å². The molecule has 0 spiro atoms. The number of ketones is 1. The van der Waals surface area contributed by atoms with Crippen molar-refractivity contribution in [2.45, 2.75) is 12.6 Å². The summed E-state index contributed by atoms with van der Waals surface area (Å²) in [5, 5.41) is 13.5. The molecule has 1 amide bonds. The molecular formula is C25H19NO5S. The largest absolute Gasteiger partial charge is 0.503 e. The molecule has 4 aromatic rings. The number of aliphatic hydroxyl groups is 1. The lowest BCUT2D eigenvalue weighted by atomic mass is 9.95. The second-order valence-corrected chi connectivity index (χ2v) is 8.46. The highest BCUT2D eigenvalue weighted by Gasteiger charge is 2.44. The first kappa shape index (κ1) is 20.1. The molecule has 160 valence electrons. The SMILES string of the molecule is COc1cccc(C2C(C(=O)c3cc4ccccc4o3)=C(O)C(=O)N2Cc2cccs2)c1. The summed E-state index contributed by atoms with van der Waals surface area (Å²) < 4.78 is 11.1. The zero-order chi connectivity index (χ0) is 22.2. The lowest BCUT2D eigenvalue weighted by Gasteiger charge is -2.26. The van der Waals surface area contributed by atoms with Gasteiger partial charge in [-0.05, 0) is 41.3 Å². The van der Waals surface area contributed by atoms with Crippen LogP contribution in [0.25, 0.3) is 11.0 Å². The molecule has 2 aromatic heterocycles. The zero-order valence-electron chi connectivity index (χ0n) is 17.1. The standard InChI is InChI=1S/C25H19NO5S/c1-30-17-8-4-7-16(12-17)22-21(23(27)20-13-15-6-2-3-10-19(15)31-20)24(28)25(29)26(22)14-18-9-5-11-32-18/h2-13,22,28H,14H2,1H3. The van der Waals surface area contributed by atoms with Gasteiger partial charge in [0.15, 0.2) is 11.5 Å². The number of nitrogens with zero attached hydrogens (tertiary/aromatic N) is 1. The van der Waals surface area contributed by atoms with Crippen LogP contribution in [0, 0.1) is 0 Å². The molecule has 5 rings (SSSR count). The number of aliphatic hydroxyl groups excluding tert-OH is 1. The highest BCUT2D eigenvalue weighted by atomic mass is 32.1. The Balaban J connectivity index is 1.62. The van der Waals surface area contributed by atoms with Crippen LogP contribution < -0.4 is 4.74 Å². The van der Waals surface area contributed by atoms with Crippen molar-refractivity contribution in [3.8, 4) is 5.75 Å². The molecule has 1 aliphatic heterocycles. The number of hydrogen-bond acceptors (Lipinski definition) is 6. The zero-order valence-corrected chi connectivity index (χ0v) is 18.0. The van der Waals surface area contributed by atoms with Gasteiger partial charge in [0.2, 0.25) is 5.78 Å². The minimum atomic E-state index is -0.777. The first-order valence-corrected chi connectivity index (χ1v) is 10.9. The van der Waals surface area contributed by atoms with E-state index in [1.165, 1.54) is 16.2 Å². The predicted molar refractivity (Wildman–Crippen MR) is 121 cm³/mol. The second kappa shape index (κ2) is 8.01. The van der Waals surface area contributed by atoms with Crippen molar-refractivity contribution in [2.75, 3.05) is 7.11 Å². The number of fused-ring (bicyclic) bond motifs is 1. The monoisotopic (exact) mass is 445 g/mol. The molecular weight excluding hydrogens is 426 g/mol. The Morgan fingerprint density at radius 1 is 1.12 bits per heavy atom. The van der Waals surface area contributed by atoms with Crippen LogP contribution in [0.4, 0.5) is 0 Å². The quantitative estimate of drug-likeness (QED) is 0.409. The van der Waals surface area contributed by atoms with Gasteiger partial charge in [0, 0.05) is 10.3 Å². The molecule has 6 nitrogen and oxygen atoms in total. The van der Waals surface area contributed by atoms with E-state index in [9.17, 15) is 14.7 Å². The summed E-state index contributed by atoms with van der Waals surface area (Å²) in [5.74, 6) is -1.00. The van der Waals surface area contributed by atoms with E-state index < -0.39 is 23.5 Å². The van der Waals surface area contributed by atoms with Crippen LogP contribution in [0.3, 0.4) is 0 Å². The molecule has 1 unspecified atom stereocenters. The number of Topliss-reactive ketones (excluding diaryl/α,β-unsaturated/α-hetero) is 1. The minimum absolute atomic E-state index is 0.00105. The summed E-state index contributed by atoms with van der Waals surface area (Å²) in [4.78, 5) is 29.1. The van der Waals surface area contributed by atoms with Gasteiger partial charge in [-0.2, -0.15) is 0 Å². The van der Waals surface area contributed by atoms with Crippen molar-refractivity contribution in [2.24, 2.45) is 0 Å². The average molecular weight is 445 g/mol. The molecule has 0 saturated heterocycles. The highest BCUT2D eigenvalue weighted by Crippen LogP contribution is 2.41. The van der Waals surface area contributed by atoms with Gasteiger partial charge in [0.05, 0.1) is 25.3 Å². The van der Waals surface area contributed by atoms with E-state index in [0.29, 0.717) is 16.9 Å². The number of amides is 1. The maximum Gasteiger partial charge on any atom is 0.290 e. The molecule has 1 N–H and O–H groups in total. The van der Waals surface area contributed by atoms with Crippen molar-refractivity contribution in [1.82, 2.24) is 4.90 Å². The number of para-hydroxylation sites is 1. The van der Waals surface area contributed by atoms with Gasteiger partial charge in [0.25, 0.3) is 5.91 Å². The Morgan fingerprint density at radius 3 is 2.72 bits per heavy atom. The van der Waals surface area contributed by atoms with Crippen LogP contribution in [-0.2, 0) is 11.3 Å². The number of furan rings is 1. The van der Waals surface area contributed by atoms with Gasteiger partial charge < -0.3 is 19.2 Å². The fourth-order valence-electron chi connectivity index (χ4n) is 4.00. The van der Waals surface area contributed by atoms with E-state index in [1.54, 1.807) is 37.4 Å². The molecule has 0 saturated carbocycles. The van der Waals surface area contributed by atoms with Crippen molar-refractivity contribution < 1.29 is 23.8 Å². The second-order valence-electron chi connectivity index (χ2n) is 7.43. The molecule has 3 heterocycles. The van der Waals surface area contributed by atoms with E-state index >= 15 is 0 Å². The fraction of sp³-hybridized carbons (Fsp3) is 0.120. The van der Waals surface area contributed by atoms with E-state index in [4.69, 9.17) is 9.15 Å². The summed E-state index contributed by atoms with van der Waals surface area (Å²) in [6, 6.07) is 19.1. The summed E-state index contributed by atoms with van der Waals surface area (Å²) in [5.41, 5.74) is 1.23. The Kier molecular flexibility index (Phi) is 5.03. The number of carbonyl (C=O) groups excluding carboxylic acids is 2. The van der Waals surface area contributed by atoms with Crippen molar-refractivity contribution in [3.05, 3.63) is 99.6 Å². The van der Waals surface area contributed by atoms with E-state index in [0.717, 1.165) is 10.3 Å². The number of ether oxygens (including phenoxy) is 1. The smallest absolute Gasteiger partial charge is 0.290 e. The normalized spacial score (nSPS) is 16.2. The highest BCUT2D eigenvalue weighted by molar-refractivity contribution is 7.09. The van der Waals surface area contributed by atoms with E-state index in [-0.39, 0.29) is 17.9 Å². The van der Waals surface area contributed by atoms with Gasteiger partial charge in [0.1, 0.15) is 11.3 Å². The molecule has 0 fully saturated rings. The number of carbonyl (C=O) groups is 2. The summed E-state index contributed by atoms with van der Waals surface area (Å²) in [7, 11) is 1.55. The van der Waals surface area contributed by atoms with Gasteiger partial charge >= 0.3 is 0 Å². The number of methoxy groups -OCH3 is 1. The maximum atomic E-state index is 13.5. The summed E-state index contributed by atoms with van der Waals surface area (Å²) in [6.07, 6.45) is 0. The Labute approximate surface area is 188 Å². The third-order valence-corrected chi connectivity index (χ3v) is 6.37. The van der Waals surface area contributed by atoms with Crippen LogP contribution in [-0.4, -0.2) is 28.8 Å². The van der Waals surface area contributed by atoms with Crippen LogP contribution in [0.1, 0.15) is 27.0 Å². The molecule has 1 aliphatic rings. The lowest BCUT2D eigenvalue weighted by Crippen LogP contribution is -2.30. The topological polar surface area (TPSA) is 80.0 Å². The third-order valence-electron chi connectivity index (χ3n) is 5.51. The van der Waals surface area contributed by atoms with Crippen molar-refractivity contribution in [1.29, 1.82) is 0 Å². The van der Waals surface area contributed by atoms with Gasteiger partial charge in [-0.25, -0.2) is 0 Å². The van der Waals surface area contributed by atoms with E-state index in [1.807, 2.05) is 41.8 Å².